The molecule has 1 atom stereocenters. The number of fused-ring (bicyclic) bond motifs is 2. The van der Waals surface area contributed by atoms with Crippen LogP contribution in [-0.2, 0) is 11.3 Å². The van der Waals surface area contributed by atoms with Gasteiger partial charge in [-0.3, -0.25) is 19.4 Å². The van der Waals surface area contributed by atoms with E-state index in [1.165, 1.54) is 16.8 Å². The molecule has 0 unspecified atom stereocenters. The second-order valence-electron chi connectivity index (χ2n) is 8.98. The van der Waals surface area contributed by atoms with Gasteiger partial charge in [0.15, 0.2) is 11.2 Å². The summed E-state index contributed by atoms with van der Waals surface area (Å²) in [5, 5.41) is 9.63. The summed E-state index contributed by atoms with van der Waals surface area (Å²) in [5.41, 5.74) is 2.09. The third-order valence-electron chi connectivity index (χ3n) is 6.29. The highest BCUT2D eigenvalue weighted by Gasteiger charge is 2.26. The van der Waals surface area contributed by atoms with E-state index in [4.69, 9.17) is 4.42 Å². The highest BCUT2D eigenvalue weighted by atomic mass is 16.4. The number of likely N-dealkylation sites (N-methyl/N-ethyl adjacent to an activating group) is 1. The van der Waals surface area contributed by atoms with E-state index in [9.17, 15) is 19.2 Å². The maximum atomic E-state index is 13.1. The number of carbonyl (C=O) groups excluding carboxylic acids is 3. The third-order valence-corrected chi connectivity index (χ3v) is 6.29. The number of rotatable bonds is 6. The van der Waals surface area contributed by atoms with Crippen LogP contribution in [0.4, 0.5) is 0 Å². The van der Waals surface area contributed by atoms with Crippen molar-refractivity contribution in [3.05, 3.63) is 64.0 Å². The van der Waals surface area contributed by atoms with Crippen molar-refractivity contribution < 1.29 is 18.8 Å². The van der Waals surface area contributed by atoms with Crippen LogP contribution in [0.15, 0.2) is 45.7 Å². The third kappa shape index (κ3) is 5.07. The summed E-state index contributed by atoms with van der Waals surface area (Å²) in [7, 11) is 2.00. The lowest BCUT2D eigenvalue weighted by Gasteiger charge is -2.34. The molecule has 5 rings (SSSR count). The first-order valence-electron chi connectivity index (χ1n) is 11.8. The summed E-state index contributed by atoms with van der Waals surface area (Å²) in [5.74, 6) is -1.77. The van der Waals surface area contributed by atoms with Gasteiger partial charge in [-0.25, -0.2) is 14.3 Å². The fourth-order valence-electron chi connectivity index (χ4n) is 4.21. The van der Waals surface area contributed by atoms with E-state index in [2.05, 4.69) is 30.6 Å². The van der Waals surface area contributed by atoms with Crippen LogP contribution in [0.1, 0.15) is 33.5 Å². The zero-order valence-electron chi connectivity index (χ0n) is 20.4. The number of aromatic amines is 1. The molecule has 3 amide bonds. The van der Waals surface area contributed by atoms with E-state index in [0.717, 1.165) is 18.7 Å². The maximum absolute atomic E-state index is 13.1. The number of aromatic nitrogens is 4. The quantitative estimate of drug-likeness (QED) is 0.329. The molecule has 192 valence electrons. The minimum atomic E-state index is -0.753. The van der Waals surface area contributed by atoms with Crippen LogP contribution in [-0.4, -0.2) is 86.4 Å². The fraction of sp³-hybridized carbons (Fsp3) is 0.333. The number of piperazine rings is 1. The molecule has 0 spiro atoms. The number of oxazole rings is 1. The fourth-order valence-corrected chi connectivity index (χ4v) is 4.21. The molecule has 0 saturated carbocycles. The monoisotopic (exact) mass is 506 g/mol. The Morgan fingerprint density at radius 1 is 1.11 bits per heavy atom. The molecule has 37 heavy (non-hydrogen) atoms. The summed E-state index contributed by atoms with van der Waals surface area (Å²) in [6.07, 6.45) is 1.47. The van der Waals surface area contributed by atoms with Gasteiger partial charge in [0.25, 0.3) is 11.8 Å². The molecule has 1 aliphatic heterocycles. The summed E-state index contributed by atoms with van der Waals surface area (Å²) in [6.45, 7) is 4.54. The van der Waals surface area contributed by atoms with Gasteiger partial charge >= 0.3 is 5.76 Å². The van der Waals surface area contributed by atoms with E-state index in [1.54, 1.807) is 36.1 Å². The van der Waals surface area contributed by atoms with Crippen LogP contribution in [0.25, 0.3) is 16.7 Å². The Balaban J connectivity index is 1.30. The number of hydrogen-bond acceptors (Lipinski definition) is 8. The zero-order valence-corrected chi connectivity index (χ0v) is 20.4. The number of nitrogens with one attached hydrogen (secondary N) is 3. The Kier molecular flexibility index (Phi) is 6.44. The van der Waals surface area contributed by atoms with Gasteiger partial charge in [-0.05, 0) is 31.7 Å². The lowest BCUT2D eigenvalue weighted by atomic mass is 10.2. The van der Waals surface area contributed by atoms with Gasteiger partial charge in [-0.2, -0.15) is 5.10 Å². The largest absolute Gasteiger partial charge is 0.417 e. The average molecular weight is 507 g/mol. The van der Waals surface area contributed by atoms with Crippen molar-refractivity contribution in [1.82, 2.24) is 40.0 Å². The molecule has 13 heteroatoms. The number of nitrogens with zero attached hydrogens (tertiary/aromatic N) is 5. The molecule has 0 radical (unpaired) electrons. The molecule has 13 nitrogen and oxygen atoms in total. The second-order valence-corrected chi connectivity index (χ2v) is 8.98. The van der Waals surface area contributed by atoms with Crippen LogP contribution < -0.4 is 16.4 Å². The summed E-state index contributed by atoms with van der Waals surface area (Å²) in [6, 6.07) is 7.23. The molecule has 3 N–H and O–H groups in total. The van der Waals surface area contributed by atoms with Gasteiger partial charge in [-0.1, -0.05) is 6.07 Å². The van der Waals surface area contributed by atoms with E-state index < -0.39 is 23.6 Å². The van der Waals surface area contributed by atoms with Crippen molar-refractivity contribution in [2.45, 2.75) is 19.5 Å². The lowest BCUT2D eigenvalue weighted by Crippen LogP contribution is -2.53. The van der Waals surface area contributed by atoms with Crippen molar-refractivity contribution >= 4 is 34.5 Å². The summed E-state index contributed by atoms with van der Waals surface area (Å²) >= 11 is 0. The minimum absolute atomic E-state index is 0.0222. The average Bonchev–Trinajstić information content (AvgIpc) is 3.51. The molecule has 3 aromatic heterocycles. The number of H-pyrrole nitrogens is 1. The molecular weight excluding hydrogens is 480 g/mol. The standard InChI is InChI=1S/C24H26N8O5/c1-14(23(35)31-9-7-30(2)8-10-31)27-22(34)18-12-17(28-20-5-6-26-32(18)20)21(33)25-13-15-3-4-19-16(11-15)29-24(36)37-19/h3-6,11-12,14H,7-10,13H2,1-2H3,(H,25,33)(H,27,34)(H,29,36)/t14-/m0/s1. The van der Waals surface area contributed by atoms with E-state index in [-0.39, 0.29) is 23.8 Å². The van der Waals surface area contributed by atoms with Crippen molar-refractivity contribution in [3.63, 3.8) is 0 Å². The first kappa shape index (κ1) is 24.2. The molecule has 1 aromatic carbocycles. The van der Waals surface area contributed by atoms with Gasteiger partial charge in [-0.15, -0.1) is 0 Å². The zero-order chi connectivity index (χ0) is 26.1. The molecule has 1 saturated heterocycles. The number of carbonyl (C=O) groups is 3. The van der Waals surface area contributed by atoms with Crippen molar-refractivity contribution in [1.29, 1.82) is 0 Å². The van der Waals surface area contributed by atoms with Crippen LogP contribution in [0.2, 0.25) is 0 Å². The first-order chi connectivity index (χ1) is 17.8. The van der Waals surface area contributed by atoms with Crippen molar-refractivity contribution in [3.8, 4) is 0 Å². The number of hydrogen-bond donors (Lipinski definition) is 3. The predicted octanol–water partition coefficient (Wildman–Crippen LogP) is -0.0139. The van der Waals surface area contributed by atoms with Crippen LogP contribution in [0.5, 0.6) is 0 Å². The topological polar surface area (TPSA) is 158 Å². The molecule has 1 aliphatic rings. The van der Waals surface area contributed by atoms with Crippen LogP contribution >= 0.6 is 0 Å². The Morgan fingerprint density at radius 2 is 1.89 bits per heavy atom. The van der Waals surface area contributed by atoms with Gasteiger partial charge in [0.1, 0.15) is 17.4 Å². The van der Waals surface area contributed by atoms with Gasteiger partial charge in [0.05, 0.1) is 11.7 Å². The van der Waals surface area contributed by atoms with Crippen LogP contribution in [0, 0.1) is 0 Å². The molecule has 1 fully saturated rings. The Hall–Kier alpha value is -4.52. The normalized spacial score (nSPS) is 15.1. The second kappa shape index (κ2) is 9.85. The molecular formula is C24H26N8O5. The summed E-state index contributed by atoms with van der Waals surface area (Å²) in [4.78, 5) is 61.0. The van der Waals surface area contributed by atoms with Gasteiger partial charge < -0.3 is 24.9 Å². The Morgan fingerprint density at radius 3 is 2.68 bits per heavy atom. The van der Waals surface area contributed by atoms with Gasteiger partial charge in [0.2, 0.25) is 5.91 Å². The lowest BCUT2D eigenvalue weighted by molar-refractivity contribution is -0.134. The highest BCUT2D eigenvalue weighted by molar-refractivity contribution is 6.00. The van der Waals surface area contributed by atoms with Crippen molar-refractivity contribution in [2.75, 3.05) is 33.2 Å². The predicted molar refractivity (Wildman–Crippen MR) is 132 cm³/mol. The Labute approximate surface area is 210 Å². The molecule has 0 bridgehead atoms. The highest BCUT2D eigenvalue weighted by Crippen LogP contribution is 2.13. The molecule has 4 aromatic rings. The van der Waals surface area contributed by atoms with Crippen molar-refractivity contribution in [2.24, 2.45) is 0 Å². The van der Waals surface area contributed by atoms with Crippen LogP contribution in [0.3, 0.4) is 0 Å². The molecule has 4 heterocycles. The van der Waals surface area contributed by atoms with E-state index in [0.29, 0.717) is 29.8 Å². The molecule has 0 aliphatic carbocycles. The first-order valence-corrected chi connectivity index (χ1v) is 11.8. The van der Waals surface area contributed by atoms with E-state index >= 15 is 0 Å². The maximum Gasteiger partial charge on any atom is 0.417 e. The Bertz CT molecular complexity index is 1550. The van der Waals surface area contributed by atoms with E-state index in [1.807, 2.05) is 7.05 Å². The number of amides is 3. The number of benzene rings is 1. The van der Waals surface area contributed by atoms with Gasteiger partial charge in [0, 0.05) is 44.9 Å². The SMILES string of the molecule is C[C@H](NC(=O)c1cc(C(=O)NCc2ccc3oc(=O)[nH]c3c2)nc2ccnn12)C(=O)N1CCN(C)CC1. The smallest absolute Gasteiger partial charge is 0.408 e. The summed E-state index contributed by atoms with van der Waals surface area (Å²) < 4.78 is 6.31. The minimum Gasteiger partial charge on any atom is -0.408 e.